The Bertz CT molecular complexity index is 865. The van der Waals surface area contributed by atoms with Crippen LogP contribution in [0.4, 0.5) is 0 Å². The van der Waals surface area contributed by atoms with Crippen molar-refractivity contribution in [1.29, 1.82) is 0 Å². The molecule has 1 aliphatic heterocycles. The third-order valence-electron chi connectivity index (χ3n) is 5.07. The molecule has 1 aliphatic rings. The van der Waals surface area contributed by atoms with Gasteiger partial charge < -0.3 is 15.0 Å². The standard InChI is InChI=1S/C23H27ClN2O3/c1-23(2,29-20-11-9-19(24)10-12-20)22(28)25-14-5-8-21(27)26-15-13-17-6-3-4-7-18(17)16-26/h3-4,6-7,9-12H,5,8,13-16H2,1-2H3,(H,25,28). The Morgan fingerprint density at radius 1 is 1.10 bits per heavy atom. The van der Waals surface area contributed by atoms with E-state index in [1.165, 1.54) is 11.1 Å². The molecule has 2 aromatic carbocycles. The van der Waals surface area contributed by atoms with Gasteiger partial charge in [-0.25, -0.2) is 0 Å². The van der Waals surface area contributed by atoms with E-state index in [-0.39, 0.29) is 11.8 Å². The zero-order chi connectivity index (χ0) is 20.9. The van der Waals surface area contributed by atoms with E-state index in [1.54, 1.807) is 38.1 Å². The van der Waals surface area contributed by atoms with Crippen LogP contribution in [0, 0.1) is 0 Å². The summed E-state index contributed by atoms with van der Waals surface area (Å²) in [5, 5.41) is 3.48. The molecule has 0 saturated carbocycles. The first kappa shape index (κ1) is 21.2. The number of ether oxygens (including phenoxy) is 1. The average Bonchev–Trinajstić information content (AvgIpc) is 2.72. The highest BCUT2D eigenvalue weighted by atomic mass is 35.5. The van der Waals surface area contributed by atoms with Gasteiger partial charge in [0.15, 0.2) is 5.60 Å². The van der Waals surface area contributed by atoms with Crippen molar-refractivity contribution >= 4 is 23.4 Å². The summed E-state index contributed by atoms with van der Waals surface area (Å²) < 4.78 is 5.78. The topological polar surface area (TPSA) is 58.6 Å². The largest absolute Gasteiger partial charge is 0.478 e. The summed E-state index contributed by atoms with van der Waals surface area (Å²) >= 11 is 5.87. The maximum absolute atomic E-state index is 12.5. The molecule has 6 heteroatoms. The lowest BCUT2D eigenvalue weighted by atomic mass is 9.99. The first-order valence-corrected chi connectivity index (χ1v) is 10.3. The second kappa shape index (κ2) is 9.31. The molecule has 1 N–H and O–H groups in total. The molecule has 154 valence electrons. The fourth-order valence-corrected chi connectivity index (χ4v) is 3.49. The molecule has 0 radical (unpaired) electrons. The van der Waals surface area contributed by atoms with Gasteiger partial charge in [0.1, 0.15) is 5.75 Å². The van der Waals surface area contributed by atoms with Crippen LogP contribution >= 0.6 is 11.6 Å². The number of fused-ring (bicyclic) bond motifs is 1. The predicted octanol–water partition coefficient (Wildman–Crippen LogP) is 3.98. The van der Waals surface area contributed by atoms with Gasteiger partial charge in [0.2, 0.25) is 5.91 Å². The Morgan fingerprint density at radius 3 is 2.52 bits per heavy atom. The molecule has 1 heterocycles. The number of nitrogens with zero attached hydrogens (tertiary/aromatic N) is 1. The van der Waals surface area contributed by atoms with E-state index in [2.05, 4.69) is 17.4 Å². The zero-order valence-electron chi connectivity index (χ0n) is 16.9. The van der Waals surface area contributed by atoms with Gasteiger partial charge >= 0.3 is 0 Å². The lowest BCUT2D eigenvalue weighted by molar-refractivity contribution is -0.135. The number of carbonyl (C=O) groups is 2. The molecule has 0 spiro atoms. The van der Waals surface area contributed by atoms with E-state index in [0.29, 0.717) is 36.7 Å². The number of benzene rings is 2. The maximum Gasteiger partial charge on any atom is 0.263 e. The number of nitrogens with one attached hydrogen (secondary N) is 1. The molecule has 0 bridgehead atoms. The van der Waals surface area contributed by atoms with Gasteiger partial charge in [0.05, 0.1) is 0 Å². The summed E-state index contributed by atoms with van der Waals surface area (Å²) in [6.45, 7) is 5.29. The Morgan fingerprint density at radius 2 is 1.79 bits per heavy atom. The molecule has 0 saturated heterocycles. The molecule has 5 nitrogen and oxygen atoms in total. The Balaban J connectivity index is 1.41. The van der Waals surface area contributed by atoms with Crippen molar-refractivity contribution in [2.45, 2.75) is 45.3 Å². The zero-order valence-corrected chi connectivity index (χ0v) is 17.7. The highest BCUT2D eigenvalue weighted by Gasteiger charge is 2.29. The van der Waals surface area contributed by atoms with Gasteiger partial charge in [0.25, 0.3) is 5.91 Å². The van der Waals surface area contributed by atoms with Crippen molar-refractivity contribution in [3.8, 4) is 5.75 Å². The monoisotopic (exact) mass is 414 g/mol. The number of hydrogen-bond acceptors (Lipinski definition) is 3. The fraction of sp³-hybridized carbons (Fsp3) is 0.391. The summed E-state index contributed by atoms with van der Waals surface area (Å²) in [5.41, 5.74) is 1.53. The molecule has 0 unspecified atom stereocenters. The van der Waals surface area contributed by atoms with Crippen LogP contribution < -0.4 is 10.1 Å². The Kier molecular flexibility index (Phi) is 6.80. The van der Waals surface area contributed by atoms with Gasteiger partial charge in [0, 0.05) is 31.1 Å². The number of halogens is 1. The van der Waals surface area contributed by atoms with Crippen LogP contribution in [0.15, 0.2) is 48.5 Å². The highest BCUT2D eigenvalue weighted by molar-refractivity contribution is 6.30. The Hall–Kier alpha value is -2.53. The summed E-state index contributed by atoms with van der Waals surface area (Å²) in [7, 11) is 0. The minimum atomic E-state index is -1.02. The number of hydrogen-bond donors (Lipinski definition) is 1. The quantitative estimate of drug-likeness (QED) is 0.697. The summed E-state index contributed by atoms with van der Waals surface area (Å²) in [6, 6.07) is 15.1. The summed E-state index contributed by atoms with van der Waals surface area (Å²) in [5.74, 6) is 0.493. The molecule has 2 aromatic rings. The predicted molar refractivity (Wildman–Crippen MR) is 114 cm³/mol. The van der Waals surface area contributed by atoms with Crippen molar-refractivity contribution in [2.75, 3.05) is 13.1 Å². The minimum absolute atomic E-state index is 0.130. The van der Waals surface area contributed by atoms with E-state index in [1.807, 2.05) is 17.0 Å². The molecule has 0 aliphatic carbocycles. The van der Waals surface area contributed by atoms with Crippen LogP contribution in [-0.2, 0) is 22.6 Å². The molecular weight excluding hydrogens is 388 g/mol. The van der Waals surface area contributed by atoms with E-state index in [9.17, 15) is 9.59 Å². The molecule has 0 atom stereocenters. The van der Waals surface area contributed by atoms with Crippen molar-refractivity contribution in [3.05, 3.63) is 64.7 Å². The normalized spacial score (nSPS) is 13.6. The smallest absolute Gasteiger partial charge is 0.263 e. The number of rotatable bonds is 7. The van der Waals surface area contributed by atoms with Crippen molar-refractivity contribution in [3.63, 3.8) is 0 Å². The molecule has 0 fully saturated rings. The maximum atomic E-state index is 12.5. The minimum Gasteiger partial charge on any atom is -0.478 e. The lowest BCUT2D eigenvalue weighted by Crippen LogP contribution is -2.47. The molecule has 0 aromatic heterocycles. The van der Waals surface area contributed by atoms with Gasteiger partial charge in [-0.1, -0.05) is 35.9 Å². The van der Waals surface area contributed by atoms with E-state index in [4.69, 9.17) is 16.3 Å². The number of amides is 2. The molecule has 3 rings (SSSR count). The second-order valence-electron chi connectivity index (χ2n) is 7.76. The van der Waals surface area contributed by atoms with Gasteiger partial charge in [-0.15, -0.1) is 0 Å². The summed E-state index contributed by atoms with van der Waals surface area (Å²) in [6.07, 6.45) is 1.91. The first-order chi connectivity index (χ1) is 13.8. The first-order valence-electron chi connectivity index (χ1n) is 9.92. The Labute approximate surface area is 177 Å². The van der Waals surface area contributed by atoms with Gasteiger partial charge in [-0.05, 0) is 62.1 Å². The SMILES string of the molecule is CC(C)(Oc1ccc(Cl)cc1)C(=O)NCCCC(=O)N1CCc2ccccc2C1. The van der Waals surface area contributed by atoms with E-state index < -0.39 is 5.60 Å². The lowest BCUT2D eigenvalue weighted by Gasteiger charge is -2.29. The fourth-order valence-electron chi connectivity index (χ4n) is 3.36. The molecular formula is C23H27ClN2O3. The van der Waals surface area contributed by atoms with Crippen molar-refractivity contribution < 1.29 is 14.3 Å². The third kappa shape index (κ3) is 5.73. The second-order valence-corrected chi connectivity index (χ2v) is 8.20. The number of carbonyl (C=O) groups excluding carboxylic acids is 2. The molecule has 29 heavy (non-hydrogen) atoms. The van der Waals surface area contributed by atoms with Crippen molar-refractivity contribution in [2.24, 2.45) is 0 Å². The molecule has 2 amide bonds. The third-order valence-corrected chi connectivity index (χ3v) is 5.32. The van der Waals surface area contributed by atoms with Crippen LogP contribution in [0.3, 0.4) is 0 Å². The van der Waals surface area contributed by atoms with Crippen LogP contribution in [0.1, 0.15) is 37.8 Å². The highest BCUT2D eigenvalue weighted by Crippen LogP contribution is 2.21. The summed E-state index contributed by atoms with van der Waals surface area (Å²) in [4.78, 5) is 26.9. The van der Waals surface area contributed by atoms with Gasteiger partial charge in [-0.3, -0.25) is 9.59 Å². The van der Waals surface area contributed by atoms with Crippen LogP contribution in [0.2, 0.25) is 5.02 Å². The van der Waals surface area contributed by atoms with Crippen molar-refractivity contribution in [1.82, 2.24) is 10.2 Å². The van der Waals surface area contributed by atoms with E-state index >= 15 is 0 Å². The van der Waals surface area contributed by atoms with Gasteiger partial charge in [-0.2, -0.15) is 0 Å². The van der Waals surface area contributed by atoms with E-state index in [0.717, 1.165) is 13.0 Å². The van der Waals surface area contributed by atoms with Crippen LogP contribution in [-0.4, -0.2) is 35.4 Å². The van der Waals surface area contributed by atoms with Crippen LogP contribution in [0.5, 0.6) is 5.75 Å². The van der Waals surface area contributed by atoms with Crippen LogP contribution in [0.25, 0.3) is 0 Å². The average molecular weight is 415 g/mol.